The van der Waals surface area contributed by atoms with Gasteiger partial charge in [-0.15, -0.1) is 0 Å². The average Bonchev–Trinajstić information content (AvgIpc) is 2.38. The number of nitro groups is 1. The van der Waals surface area contributed by atoms with Crippen LogP contribution in [0, 0.1) is 22.0 Å². The zero-order valence-corrected chi connectivity index (χ0v) is 12.0. The van der Waals surface area contributed by atoms with E-state index in [-0.39, 0.29) is 11.5 Å². The number of rotatable bonds is 4. The molecule has 110 valence electrons. The number of nitrogen functional groups attached to an aromatic ring is 1. The molecule has 1 saturated carbocycles. The second-order valence-corrected chi connectivity index (χ2v) is 5.80. The highest BCUT2D eigenvalue weighted by molar-refractivity contribution is 5.57. The first-order valence-electron chi connectivity index (χ1n) is 7.16. The van der Waals surface area contributed by atoms with E-state index in [2.05, 4.69) is 24.1 Å². The molecule has 1 aromatic heterocycles. The Balaban J connectivity index is 2.12. The van der Waals surface area contributed by atoms with Gasteiger partial charge in [0.05, 0.1) is 4.92 Å². The topological polar surface area (TPSA) is 94.1 Å². The first kappa shape index (κ1) is 14.6. The second-order valence-electron chi connectivity index (χ2n) is 5.80. The molecule has 0 aliphatic heterocycles. The predicted octanol–water partition coefficient (Wildman–Crippen LogP) is 3.20. The van der Waals surface area contributed by atoms with Crippen LogP contribution in [0.25, 0.3) is 0 Å². The van der Waals surface area contributed by atoms with Crippen molar-refractivity contribution in [3.05, 3.63) is 22.2 Å². The Morgan fingerprint density at radius 2 is 2.10 bits per heavy atom. The Bertz CT molecular complexity index is 490. The highest BCUT2D eigenvalue weighted by Gasteiger charge is 2.28. The molecule has 20 heavy (non-hydrogen) atoms. The molecule has 1 fully saturated rings. The zero-order valence-electron chi connectivity index (χ0n) is 12.0. The molecule has 0 spiro atoms. The summed E-state index contributed by atoms with van der Waals surface area (Å²) in [6.07, 6.45) is 4.82. The van der Waals surface area contributed by atoms with E-state index >= 15 is 0 Å². The third kappa shape index (κ3) is 3.18. The van der Waals surface area contributed by atoms with Crippen molar-refractivity contribution >= 4 is 17.3 Å². The molecule has 0 amide bonds. The molecule has 3 N–H and O–H groups in total. The van der Waals surface area contributed by atoms with Crippen molar-refractivity contribution in [3.8, 4) is 0 Å². The summed E-state index contributed by atoms with van der Waals surface area (Å²) < 4.78 is 0. The number of nitrogens with two attached hydrogens (primary N) is 1. The van der Waals surface area contributed by atoms with Crippen molar-refractivity contribution < 1.29 is 4.92 Å². The lowest BCUT2D eigenvalue weighted by molar-refractivity contribution is -0.384. The number of pyridine rings is 1. The molecule has 0 aromatic carbocycles. The van der Waals surface area contributed by atoms with E-state index in [4.69, 9.17) is 5.73 Å². The van der Waals surface area contributed by atoms with Gasteiger partial charge < -0.3 is 11.1 Å². The van der Waals surface area contributed by atoms with Gasteiger partial charge in [-0.1, -0.05) is 26.7 Å². The summed E-state index contributed by atoms with van der Waals surface area (Å²) in [7, 11) is 0. The number of nitrogens with zero attached hydrogens (tertiary/aromatic N) is 2. The molecular weight excluding hydrogens is 256 g/mol. The SMILES string of the molecule is CC(C)C1CCCCC1Nc1ccc([N+](=O)[O-])c(N)n1. The Morgan fingerprint density at radius 1 is 1.40 bits per heavy atom. The average molecular weight is 278 g/mol. The van der Waals surface area contributed by atoms with E-state index in [0.717, 1.165) is 6.42 Å². The summed E-state index contributed by atoms with van der Waals surface area (Å²) in [6.45, 7) is 4.48. The zero-order chi connectivity index (χ0) is 14.7. The smallest absolute Gasteiger partial charge is 0.311 e. The first-order valence-corrected chi connectivity index (χ1v) is 7.16. The summed E-state index contributed by atoms with van der Waals surface area (Å²) in [5.74, 6) is 1.83. The molecule has 6 nitrogen and oxygen atoms in total. The van der Waals surface area contributed by atoms with Gasteiger partial charge in [-0.2, -0.15) is 0 Å². The minimum absolute atomic E-state index is 0.0306. The van der Waals surface area contributed by atoms with Crippen LogP contribution in [0.15, 0.2) is 12.1 Å². The number of aromatic nitrogens is 1. The molecular formula is C14H22N4O2. The van der Waals surface area contributed by atoms with E-state index in [1.54, 1.807) is 6.07 Å². The van der Waals surface area contributed by atoms with Crippen molar-refractivity contribution in [1.29, 1.82) is 0 Å². The largest absolute Gasteiger partial charge is 0.378 e. The lowest BCUT2D eigenvalue weighted by atomic mass is 9.78. The maximum atomic E-state index is 10.7. The highest BCUT2D eigenvalue weighted by Crippen LogP contribution is 2.32. The van der Waals surface area contributed by atoms with E-state index in [0.29, 0.717) is 23.7 Å². The predicted molar refractivity (Wildman–Crippen MR) is 79.5 cm³/mol. The lowest BCUT2D eigenvalue weighted by Gasteiger charge is -2.35. The van der Waals surface area contributed by atoms with E-state index in [1.807, 2.05) is 0 Å². The van der Waals surface area contributed by atoms with Crippen LogP contribution in [0.5, 0.6) is 0 Å². The number of nitrogens with one attached hydrogen (secondary N) is 1. The third-order valence-electron chi connectivity index (χ3n) is 4.11. The fourth-order valence-corrected chi connectivity index (χ4v) is 3.03. The number of hydrogen-bond donors (Lipinski definition) is 2. The second kappa shape index (κ2) is 6.07. The quantitative estimate of drug-likeness (QED) is 0.651. The summed E-state index contributed by atoms with van der Waals surface area (Å²) in [4.78, 5) is 14.3. The van der Waals surface area contributed by atoms with Crippen LogP contribution in [0.4, 0.5) is 17.3 Å². The van der Waals surface area contributed by atoms with Gasteiger partial charge >= 0.3 is 5.69 Å². The van der Waals surface area contributed by atoms with Crippen molar-refractivity contribution in [3.63, 3.8) is 0 Å². The summed E-state index contributed by atoms with van der Waals surface area (Å²) in [5.41, 5.74) is 5.49. The Kier molecular flexibility index (Phi) is 4.42. The fraction of sp³-hybridized carbons (Fsp3) is 0.643. The minimum Gasteiger partial charge on any atom is -0.378 e. The van der Waals surface area contributed by atoms with Crippen LogP contribution in [-0.4, -0.2) is 15.9 Å². The van der Waals surface area contributed by atoms with Crippen LogP contribution >= 0.6 is 0 Å². The summed E-state index contributed by atoms with van der Waals surface area (Å²) in [5, 5.41) is 14.1. The molecule has 1 aliphatic carbocycles. The van der Waals surface area contributed by atoms with Crippen molar-refractivity contribution in [2.75, 3.05) is 11.1 Å². The molecule has 0 bridgehead atoms. The summed E-state index contributed by atoms with van der Waals surface area (Å²) in [6, 6.07) is 3.43. The van der Waals surface area contributed by atoms with Crippen molar-refractivity contribution in [2.45, 2.75) is 45.6 Å². The standard InChI is InChI=1S/C14H22N4O2/c1-9(2)10-5-3-4-6-11(10)16-13-8-7-12(18(19)20)14(15)17-13/h7-11H,3-6H2,1-2H3,(H3,15,16,17). The van der Waals surface area contributed by atoms with Gasteiger partial charge in [0.1, 0.15) is 5.82 Å². The molecule has 0 saturated heterocycles. The van der Waals surface area contributed by atoms with Crippen LogP contribution in [0.3, 0.4) is 0 Å². The maximum Gasteiger partial charge on any atom is 0.311 e. The first-order chi connectivity index (χ1) is 9.49. The van der Waals surface area contributed by atoms with Gasteiger partial charge in [-0.25, -0.2) is 4.98 Å². The maximum absolute atomic E-state index is 10.7. The summed E-state index contributed by atoms with van der Waals surface area (Å²) >= 11 is 0. The van der Waals surface area contributed by atoms with Crippen LogP contribution < -0.4 is 11.1 Å². The van der Waals surface area contributed by atoms with Gasteiger partial charge in [0, 0.05) is 12.1 Å². The Labute approximate surface area is 118 Å². The number of hydrogen-bond acceptors (Lipinski definition) is 5. The molecule has 1 aromatic rings. The molecule has 2 rings (SSSR count). The van der Waals surface area contributed by atoms with E-state index < -0.39 is 4.92 Å². The van der Waals surface area contributed by atoms with Gasteiger partial charge in [0.25, 0.3) is 0 Å². The molecule has 6 heteroatoms. The lowest BCUT2D eigenvalue weighted by Crippen LogP contribution is -2.35. The monoisotopic (exact) mass is 278 g/mol. The fourth-order valence-electron chi connectivity index (χ4n) is 3.03. The normalized spacial score (nSPS) is 22.8. The highest BCUT2D eigenvalue weighted by atomic mass is 16.6. The van der Waals surface area contributed by atoms with Gasteiger partial charge in [-0.05, 0) is 30.7 Å². The van der Waals surface area contributed by atoms with Gasteiger partial charge in [0.15, 0.2) is 0 Å². The molecule has 2 unspecified atom stereocenters. The van der Waals surface area contributed by atoms with Gasteiger partial charge in [0.2, 0.25) is 5.82 Å². The van der Waals surface area contributed by atoms with Crippen molar-refractivity contribution in [2.24, 2.45) is 11.8 Å². The Morgan fingerprint density at radius 3 is 2.70 bits per heavy atom. The molecule has 0 radical (unpaired) electrons. The van der Waals surface area contributed by atoms with Crippen molar-refractivity contribution in [1.82, 2.24) is 4.98 Å². The third-order valence-corrected chi connectivity index (χ3v) is 4.11. The van der Waals surface area contributed by atoms with Gasteiger partial charge in [-0.3, -0.25) is 10.1 Å². The number of anilines is 2. The van der Waals surface area contributed by atoms with E-state index in [1.165, 1.54) is 25.3 Å². The van der Waals surface area contributed by atoms with E-state index in [9.17, 15) is 10.1 Å². The molecule has 1 aliphatic rings. The molecule has 1 heterocycles. The van der Waals surface area contributed by atoms with Crippen LogP contribution in [-0.2, 0) is 0 Å². The van der Waals surface area contributed by atoms with Crippen LogP contribution in [0.2, 0.25) is 0 Å². The molecule has 2 atom stereocenters. The Hall–Kier alpha value is -1.85. The minimum atomic E-state index is -0.510. The van der Waals surface area contributed by atoms with Crippen LogP contribution in [0.1, 0.15) is 39.5 Å².